The predicted octanol–water partition coefficient (Wildman–Crippen LogP) is 1.77. The van der Waals surface area contributed by atoms with Crippen molar-refractivity contribution in [3.63, 3.8) is 0 Å². The Morgan fingerprint density at radius 3 is 3.00 bits per heavy atom. The van der Waals surface area contributed by atoms with Crippen LogP contribution in [0.2, 0.25) is 0 Å². The summed E-state index contributed by atoms with van der Waals surface area (Å²) >= 11 is 0. The Morgan fingerprint density at radius 2 is 2.27 bits per heavy atom. The van der Waals surface area contributed by atoms with Gasteiger partial charge in [0, 0.05) is 18.0 Å². The van der Waals surface area contributed by atoms with Gasteiger partial charge in [0.25, 0.3) is 0 Å². The van der Waals surface area contributed by atoms with Gasteiger partial charge in [-0.1, -0.05) is 0 Å². The molecule has 0 aromatic carbocycles. The van der Waals surface area contributed by atoms with Crippen LogP contribution in [0, 0.1) is 12.8 Å². The standard InChI is InChI=1S/C12H18N2O/c1-10-8-14-7-4-12(10)15-9-11-2-5-13-6-3-11/h4,7-8,11,13H,2-3,5-6,9H2,1H3. The molecule has 0 bridgehead atoms. The summed E-state index contributed by atoms with van der Waals surface area (Å²) in [6.45, 7) is 5.13. The Hall–Kier alpha value is -1.09. The van der Waals surface area contributed by atoms with Gasteiger partial charge in [0.05, 0.1) is 6.61 Å². The molecule has 0 spiro atoms. The Balaban J connectivity index is 1.84. The van der Waals surface area contributed by atoms with E-state index in [4.69, 9.17) is 4.74 Å². The molecule has 1 aromatic rings. The minimum absolute atomic E-state index is 0.707. The van der Waals surface area contributed by atoms with Gasteiger partial charge < -0.3 is 10.1 Å². The monoisotopic (exact) mass is 206 g/mol. The first-order valence-corrected chi connectivity index (χ1v) is 5.60. The van der Waals surface area contributed by atoms with Gasteiger partial charge in [-0.15, -0.1) is 0 Å². The second-order valence-corrected chi connectivity index (χ2v) is 4.15. The molecule has 3 heteroatoms. The molecule has 0 saturated carbocycles. The number of nitrogens with zero attached hydrogens (tertiary/aromatic N) is 1. The zero-order chi connectivity index (χ0) is 10.5. The van der Waals surface area contributed by atoms with E-state index >= 15 is 0 Å². The third-order valence-corrected chi connectivity index (χ3v) is 2.90. The van der Waals surface area contributed by atoms with E-state index < -0.39 is 0 Å². The quantitative estimate of drug-likeness (QED) is 0.818. The first kappa shape index (κ1) is 10.4. The molecule has 82 valence electrons. The minimum Gasteiger partial charge on any atom is -0.493 e. The third kappa shape index (κ3) is 2.93. The van der Waals surface area contributed by atoms with Gasteiger partial charge >= 0.3 is 0 Å². The number of hydrogen-bond acceptors (Lipinski definition) is 3. The van der Waals surface area contributed by atoms with Crippen LogP contribution < -0.4 is 10.1 Å². The normalized spacial score (nSPS) is 17.7. The molecule has 1 N–H and O–H groups in total. The lowest BCUT2D eigenvalue weighted by Gasteiger charge is -2.22. The number of rotatable bonds is 3. The van der Waals surface area contributed by atoms with Crippen LogP contribution in [0.3, 0.4) is 0 Å². The second kappa shape index (κ2) is 5.12. The Bertz CT molecular complexity index is 308. The molecule has 0 unspecified atom stereocenters. The lowest BCUT2D eigenvalue weighted by Crippen LogP contribution is -2.30. The van der Waals surface area contributed by atoms with E-state index in [1.165, 1.54) is 12.8 Å². The van der Waals surface area contributed by atoms with Crippen molar-refractivity contribution in [2.24, 2.45) is 5.92 Å². The molecule has 3 nitrogen and oxygen atoms in total. The van der Waals surface area contributed by atoms with Gasteiger partial charge in [-0.3, -0.25) is 4.98 Å². The van der Waals surface area contributed by atoms with Crippen LogP contribution >= 0.6 is 0 Å². The smallest absolute Gasteiger partial charge is 0.125 e. The number of aryl methyl sites for hydroxylation is 1. The van der Waals surface area contributed by atoms with Gasteiger partial charge in [-0.2, -0.15) is 0 Å². The maximum absolute atomic E-state index is 5.81. The molecule has 1 aliphatic heterocycles. The van der Waals surface area contributed by atoms with Crippen molar-refractivity contribution >= 4 is 0 Å². The summed E-state index contributed by atoms with van der Waals surface area (Å²) < 4.78 is 5.81. The summed E-state index contributed by atoms with van der Waals surface area (Å²) in [5.74, 6) is 1.68. The largest absolute Gasteiger partial charge is 0.493 e. The van der Waals surface area contributed by atoms with Gasteiger partial charge in [0.2, 0.25) is 0 Å². The van der Waals surface area contributed by atoms with Crippen LogP contribution in [-0.4, -0.2) is 24.7 Å². The number of nitrogens with one attached hydrogen (secondary N) is 1. The molecule has 2 rings (SSSR count). The van der Waals surface area contributed by atoms with Crippen LogP contribution in [0.4, 0.5) is 0 Å². The van der Waals surface area contributed by atoms with Crippen LogP contribution in [0.15, 0.2) is 18.5 Å². The molecule has 0 atom stereocenters. The van der Waals surface area contributed by atoms with Crippen molar-refractivity contribution in [2.45, 2.75) is 19.8 Å². The zero-order valence-corrected chi connectivity index (χ0v) is 9.20. The third-order valence-electron chi connectivity index (χ3n) is 2.90. The molecule has 1 aliphatic rings. The van der Waals surface area contributed by atoms with E-state index in [0.29, 0.717) is 5.92 Å². The van der Waals surface area contributed by atoms with E-state index in [9.17, 15) is 0 Å². The van der Waals surface area contributed by atoms with E-state index in [2.05, 4.69) is 10.3 Å². The highest BCUT2D eigenvalue weighted by atomic mass is 16.5. The highest BCUT2D eigenvalue weighted by Gasteiger charge is 2.13. The molecule has 0 amide bonds. The van der Waals surface area contributed by atoms with Gasteiger partial charge in [0.1, 0.15) is 5.75 Å². The summed E-state index contributed by atoms with van der Waals surface area (Å²) in [4.78, 5) is 4.05. The van der Waals surface area contributed by atoms with Crippen molar-refractivity contribution < 1.29 is 4.74 Å². The average molecular weight is 206 g/mol. The fourth-order valence-corrected chi connectivity index (χ4v) is 1.88. The van der Waals surface area contributed by atoms with Crippen LogP contribution in [-0.2, 0) is 0 Å². The topological polar surface area (TPSA) is 34.1 Å². The fraction of sp³-hybridized carbons (Fsp3) is 0.583. The molecule has 1 saturated heterocycles. The molecule has 0 radical (unpaired) electrons. The number of piperidine rings is 1. The minimum atomic E-state index is 0.707. The Kier molecular flexibility index (Phi) is 3.56. The number of aromatic nitrogens is 1. The zero-order valence-electron chi connectivity index (χ0n) is 9.20. The molecule has 2 heterocycles. The maximum atomic E-state index is 5.81. The molecule has 1 fully saturated rings. The number of pyridine rings is 1. The molecule has 0 aliphatic carbocycles. The van der Waals surface area contributed by atoms with Crippen molar-refractivity contribution in [1.82, 2.24) is 10.3 Å². The van der Waals surface area contributed by atoms with Gasteiger partial charge in [-0.25, -0.2) is 0 Å². The summed E-state index contributed by atoms with van der Waals surface area (Å²) in [5, 5.41) is 3.36. The first-order valence-electron chi connectivity index (χ1n) is 5.60. The molecule has 1 aromatic heterocycles. The molecular formula is C12H18N2O. The van der Waals surface area contributed by atoms with Crippen LogP contribution in [0.5, 0.6) is 5.75 Å². The van der Waals surface area contributed by atoms with E-state index in [-0.39, 0.29) is 0 Å². The van der Waals surface area contributed by atoms with Crippen LogP contribution in [0.25, 0.3) is 0 Å². The highest BCUT2D eigenvalue weighted by molar-refractivity contribution is 5.28. The van der Waals surface area contributed by atoms with Crippen molar-refractivity contribution in [3.8, 4) is 5.75 Å². The van der Waals surface area contributed by atoms with E-state index in [1.54, 1.807) is 6.20 Å². The maximum Gasteiger partial charge on any atom is 0.125 e. The lowest BCUT2D eigenvalue weighted by atomic mass is 9.99. The Labute approximate surface area is 90.9 Å². The summed E-state index contributed by atoms with van der Waals surface area (Å²) in [7, 11) is 0. The summed E-state index contributed by atoms with van der Waals surface area (Å²) in [5.41, 5.74) is 1.12. The SMILES string of the molecule is Cc1cnccc1OCC1CCNCC1. The van der Waals surface area contributed by atoms with Crippen molar-refractivity contribution in [3.05, 3.63) is 24.0 Å². The second-order valence-electron chi connectivity index (χ2n) is 4.15. The first-order chi connectivity index (χ1) is 7.36. The highest BCUT2D eigenvalue weighted by Crippen LogP contribution is 2.18. The average Bonchev–Trinajstić information content (AvgIpc) is 2.29. The molecule has 15 heavy (non-hydrogen) atoms. The van der Waals surface area contributed by atoms with Crippen LogP contribution in [0.1, 0.15) is 18.4 Å². The number of ether oxygens (including phenoxy) is 1. The van der Waals surface area contributed by atoms with Crippen molar-refractivity contribution in [1.29, 1.82) is 0 Å². The fourth-order valence-electron chi connectivity index (χ4n) is 1.88. The number of hydrogen-bond donors (Lipinski definition) is 1. The summed E-state index contributed by atoms with van der Waals surface area (Å²) in [6, 6.07) is 1.94. The van der Waals surface area contributed by atoms with Gasteiger partial charge in [0.15, 0.2) is 0 Å². The van der Waals surface area contributed by atoms with Gasteiger partial charge in [-0.05, 0) is 44.8 Å². The lowest BCUT2D eigenvalue weighted by molar-refractivity contribution is 0.214. The summed E-state index contributed by atoms with van der Waals surface area (Å²) in [6.07, 6.45) is 6.08. The van der Waals surface area contributed by atoms with Crippen molar-refractivity contribution in [2.75, 3.05) is 19.7 Å². The Morgan fingerprint density at radius 1 is 1.47 bits per heavy atom. The van der Waals surface area contributed by atoms with E-state index in [1.807, 2.05) is 19.2 Å². The van der Waals surface area contributed by atoms with E-state index in [0.717, 1.165) is 31.0 Å². The predicted molar refractivity (Wildman–Crippen MR) is 60.1 cm³/mol. The molecular weight excluding hydrogens is 188 g/mol.